The van der Waals surface area contributed by atoms with E-state index in [1.165, 1.54) is 6.26 Å². The van der Waals surface area contributed by atoms with Crippen LogP contribution in [0, 0.1) is 0 Å². The van der Waals surface area contributed by atoms with Gasteiger partial charge in [0.2, 0.25) is 0 Å². The highest BCUT2D eigenvalue weighted by atomic mass is 32.2. The van der Waals surface area contributed by atoms with Crippen molar-refractivity contribution < 1.29 is 13.2 Å². The van der Waals surface area contributed by atoms with Crippen LogP contribution < -0.4 is 5.32 Å². The van der Waals surface area contributed by atoms with Gasteiger partial charge in [-0.15, -0.1) is 0 Å². The fraction of sp³-hybridized carbons (Fsp3) is 0.400. The van der Waals surface area contributed by atoms with E-state index in [2.05, 4.69) is 10.4 Å². The third kappa shape index (κ3) is 3.00. The zero-order valence-electron chi connectivity index (χ0n) is 12.6. The first-order valence-corrected chi connectivity index (χ1v) is 9.06. The summed E-state index contributed by atoms with van der Waals surface area (Å²) in [6.07, 6.45) is 5.81. The normalized spacial score (nSPS) is 21.9. The molecule has 1 aromatic heterocycles. The minimum atomic E-state index is -3.30. The quantitative estimate of drug-likeness (QED) is 0.930. The lowest BCUT2D eigenvalue weighted by atomic mass is 10.1. The van der Waals surface area contributed by atoms with E-state index in [9.17, 15) is 8.42 Å². The number of hydrogen-bond acceptors (Lipinski definition) is 5. The molecule has 1 aliphatic heterocycles. The van der Waals surface area contributed by atoms with E-state index in [0.29, 0.717) is 5.69 Å². The summed E-state index contributed by atoms with van der Waals surface area (Å²) in [6, 6.07) is 7.09. The van der Waals surface area contributed by atoms with Crippen molar-refractivity contribution in [2.24, 2.45) is 0 Å². The average Bonchev–Trinajstić information content (AvgIpc) is 3.09. The summed E-state index contributed by atoms with van der Waals surface area (Å²) in [5, 5.41) is 7.66. The molecule has 2 unspecified atom stereocenters. The van der Waals surface area contributed by atoms with Gasteiger partial charge in [0, 0.05) is 12.9 Å². The fourth-order valence-electron chi connectivity index (χ4n) is 2.62. The van der Waals surface area contributed by atoms with E-state index in [4.69, 9.17) is 4.74 Å². The average molecular weight is 321 g/mol. The molecule has 0 aliphatic carbocycles. The van der Waals surface area contributed by atoms with Crippen LogP contribution in [0.3, 0.4) is 0 Å². The number of benzene rings is 1. The maximum absolute atomic E-state index is 11.9. The van der Waals surface area contributed by atoms with Gasteiger partial charge in [-0.1, -0.05) is 12.1 Å². The van der Waals surface area contributed by atoms with Crippen molar-refractivity contribution >= 4 is 15.5 Å². The molecule has 0 radical (unpaired) electrons. The van der Waals surface area contributed by atoms with Gasteiger partial charge >= 0.3 is 0 Å². The number of rotatable bonds is 4. The zero-order valence-corrected chi connectivity index (χ0v) is 13.4. The van der Waals surface area contributed by atoms with Crippen molar-refractivity contribution in [1.29, 1.82) is 0 Å². The SMILES string of the molecule is CC1OCCC1Nc1cnn(-c2ccccc2S(C)(=O)=O)c1. The Hall–Kier alpha value is -1.86. The second-order valence-electron chi connectivity index (χ2n) is 5.53. The molecule has 1 aliphatic rings. The number of nitrogens with one attached hydrogen (secondary N) is 1. The van der Waals surface area contributed by atoms with Crippen LogP contribution in [0.1, 0.15) is 13.3 Å². The predicted molar refractivity (Wildman–Crippen MR) is 84.1 cm³/mol. The van der Waals surface area contributed by atoms with Crippen molar-refractivity contribution in [2.45, 2.75) is 30.4 Å². The van der Waals surface area contributed by atoms with Crippen LogP contribution in [-0.2, 0) is 14.6 Å². The van der Waals surface area contributed by atoms with Crippen molar-refractivity contribution in [3.05, 3.63) is 36.7 Å². The highest BCUT2D eigenvalue weighted by Gasteiger charge is 2.24. The van der Waals surface area contributed by atoms with Crippen molar-refractivity contribution in [3.8, 4) is 5.69 Å². The Kier molecular flexibility index (Phi) is 3.92. The van der Waals surface area contributed by atoms with Gasteiger partial charge in [-0.2, -0.15) is 5.10 Å². The molecule has 3 rings (SSSR count). The van der Waals surface area contributed by atoms with Gasteiger partial charge in [0.05, 0.1) is 40.8 Å². The number of ether oxygens (including phenoxy) is 1. The second kappa shape index (κ2) is 5.73. The van der Waals surface area contributed by atoms with Crippen LogP contribution in [0.25, 0.3) is 5.69 Å². The Balaban J connectivity index is 1.88. The smallest absolute Gasteiger partial charge is 0.177 e. The maximum Gasteiger partial charge on any atom is 0.177 e. The summed E-state index contributed by atoms with van der Waals surface area (Å²) in [4.78, 5) is 0.266. The number of hydrogen-bond donors (Lipinski definition) is 1. The molecule has 1 aromatic carbocycles. The number of anilines is 1. The van der Waals surface area contributed by atoms with Crippen molar-refractivity contribution in [3.63, 3.8) is 0 Å². The molecule has 0 spiro atoms. The molecule has 7 heteroatoms. The second-order valence-corrected chi connectivity index (χ2v) is 7.51. The zero-order chi connectivity index (χ0) is 15.7. The van der Waals surface area contributed by atoms with Crippen LogP contribution in [0.2, 0.25) is 0 Å². The molecule has 0 amide bonds. The van der Waals surface area contributed by atoms with Gasteiger partial charge < -0.3 is 10.1 Å². The summed E-state index contributed by atoms with van der Waals surface area (Å²) < 4.78 is 30.9. The largest absolute Gasteiger partial charge is 0.377 e. The fourth-order valence-corrected chi connectivity index (χ4v) is 3.49. The van der Waals surface area contributed by atoms with Crippen molar-refractivity contribution in [2.75, 3.05) is 18.2 Å². The predicted octanol–water partition coefficient (Wildman–Crippen LogP) is 1.87. The van der Waals surface area contributed by atoms with E-state index < -0.39 is 9.84 Å². The molecule has 118 valence electrons. The lowest BCUT2D eigenvalue weighted by Gasteiger charge is -2.15. The molecule has 0 bridgehead atoms. The monoisotopic (exact) mass is 321 g/mol. The third-order valence-corrected chi connectivity index (χ3v) is 4.97. The van der Waals surface area contributed by atoms with Gasteiger partial charge in [-0.25, -0.2) is 13.1 Å². The summed E-state index contributed by atoms with van der Waals surface area (Å²) in [5.74, 6) is 0. The molecule has 6 nitrogen and oxygen atoms in total. The topological polar surface area (TPSA) is 73.2 Å². The Labute approximate surface area is 130 Å². The van der Waals surface area contributed by atoms with E-state index in [1.54, 1.807) is 41.3 Å². The molecule has 2 aromatic rings. The van der Waals surface area contributed by atoms with Crippen LogP contribution >= 0.6 is 0 Å². The van der Waals surface area contributed by atoms with Crippen LogP contribution in [-0.4, -0.2) is 43.2 Å². The molecule has 2 atom stereocenters. The lowest BCUT2D eigenvalue weighted by molar-refractivity contribution is 0.121. The molecule has 22 heavy (non-hydrogen) atoms. The Morgan fingerprint density at radius 2 is 2.14 bits per heavy atom. The van der Waals surface area contributed by atoms with E-state index in [1.807, 2.05) is 6.92 Å². The standard InChI is InChI=1S/C15H19N3O3S/c1-11-13(7-8-21-11)17-12-9-16-18(10-12)14-5-3-4-6-15(14)22(2,19)20/h3-6,9-11,13,17H,7-8H2,1-2H3. The summed E-state index contributed by atoms with van der Waals surface area (Å²) >= 11 is 0. The minimum absolute atomic E-state index is 0.159. The van der Waals surface area contributed by atoms with Gasteiger partial charge in [0.1, 0.15) is 0 Å². The third-order valence-electron chi connectivity index (χ3n) is 3.82. The molecular weight excluding hydrogens is 302 g/mol. The van der Waals surface area contributed by atoms with Gasteiger partial charge in [0.25, 0.3) is 0 Å². The molecule has 0 saturated carbocycles. The molecular formula is C15H19N3O3S. The molecule has 1 N–H and O–H groups in total. The van der Waals surface area contributed by atoms with Crippen LogP contribution in [0.15, 0.2) is 41.6 Å². The number of para-hydroxylation sites is 1. The van der Waals surface area contributed by atoms with Gasteiger partial charge in [-0.05, 0) is 25.5 Å². The minimum Gasteiger partial charge on any atom is -0.377 e. The molecule has 1 saturated heterocycles. The Bertz CT molecular complexity index is 770. The summed E-state index contributed by atoms with van der Waals surface area (Å²) in [5.41, 5.74) is 1.40. The Morgan fingerprint density at radius 3 is 2.82 bits per heavy atom. The van der Waals surface area contributed by atoms with E-state index in [-0.39, 0.29) is 17.0 Å². The van der Waals surface area contributed by atoms with Crippen LogP contribution in [0.5, 0.6) is 0 Å². The first-order valence-electron chi connectivity index (χ1n) is 7.17. The first kappa shape index (κ1) is 15.1. The lowest BCUT2D eigenvalue weighted by Crippen LogP contribution is -2.26. The van der Waals surface area contributed by atoms with Gasteiger partial charge in [-0.3, -0.25) is 0 Å². The van der Waals surface area contributed by atoms with Gasteiger partial charge in [0.15, 0.2) is 9.84 Å². The summed E-state index contributed by atoms with van der Waals surface area (Å²) in [6.45, 7) is 2.79. The van der Waals surface area contributed by atoms with Crippen molar-refractivity contribution in [1.82, 2.24) is 9.78 Å². The molecule has 1 fully saturated rings. The number of aromatic nitrogens is 2. The number of sulfone groups is 1. The summed E-state index contributed by atoms with van der Waals surface area (Å²) in [7, 11) is -3.30. The van der Waals surface area contributed by atoms with Crippen LogP contribution in [0.4, 0.5) is 5.69 Å². The first-order chi connectivity index (χ1) is 10.4. The highest BCUT2D eigenvalue weighted by molar-refractivity contribution is 7.90. The highest BCUT2D eigenvalue weighted by Crippen LogP contribution is 2.22. The maximum atomic E-state index is 11.9. The van der Waals surface area contributed by atoms with E-state index >= 15 is 0 Å². The number of nitrogens with zero attached hydrogens (tertiary/aromatic N) is 2. The Morgan fingerprint density at radius 1 is 1.36 bits per heavy atom. The molecule has 2 heterocycles. The van der Waals surface area contributed by atoms with E-state index in [0.717, 1.165) is 18.7 Å².